The Hall–Kier alpha value is -3.59. The van der Waals surface area contributed by atoms with E-state index in [-0.39, 0.29) is 56.0 Å². The maximum atomic E-state index is 13.7. The molecule has 15 heteroatoms. The number of carbonyl (C=O) groups is 2. The fraction of sp³-hybridized carbons (Fsp3) is 0.567. The highest BCUT2D eigenvalue weighted by Crippen LogP contribution is 2.60. The van der Waals surface area contributed by atoms with Crippen LogP contribution in [0.5, 0.6) is 0 Å². The number of pyridine rings is 1. The number of halogens is 3. The number of hydrogen-bond donors (Lipinski definition) is 2. The first-order valence-corrected chi connectivity index (χ1v) is 16.8. The molecule has 11 nitrogen and oxygen atoms in total. The minimum Gasteiger partial charge on any atom is -0.369 e. The van der Waals surface area contributed by atoms with Crippen LogP contribution in [0, 0.1) is 23.2 Å². The molecule has 4 bridgehead atoms. The molecular formula is C30H36F3N7O4S. The number of para-hydroxylation sites is 2. The quantitative estimate of drug-likeness (QED) is 0.509. The van der Waals surface area contributed by atoms with E-state index in [1.807, 2.05) is 46.2 Å². The average molecular weight is 648 g/mol. The lowest BCUT2D eigenvalue weighted by atomic mass is 9.47. The van der Waals surface area contributed by atoms with Crippen molar-refractivity contribution in [2.45, 2.75) is 43.7 Å². The second-order valence-corrected chi connectivity index (χ2v) is 15.0. The van der Waals surface area contributed by atoms with E-state index in [0.29, 0.717) is 34.8 Å². The van der Waals surface area contributed by atoms with Gasteiger partial charge in [0.2, 0.25) is 5.91 Å². The first kappa shape index (κ1) is 30.1. The van der Waals surface area contributed by atoms with Gasteiger partial charge in [0.1, 0.15) is 5.82 Å². The topological polar surface area (TPSA) is 132 Å². The number of benzene rings is 1. The van der Waals surface area contributed by atoms with E-state index in [4.69, 9.17) is 5.73 Å². The smallest absolute Gasteiger partial charge is 0.369 e. The molecule has 3 amide bonds. The number of rotatable bonds is 5. The van der Waals surface area contributed by atoms with E-state index in [9.17, 15) is 31.2 Å². The molecule has 1 aromatic carbocycles. The second kappa shape index (κ2) is 10.7. The third-order valence-electron chi connectivity index (χ3n) is 10.6. The number of nitrogens with zero attached hydrogens (tertiary/aromatic N) is 5. The molecule has 4 saturated carbocycles. The largest absolute Gasteiger partial charge is 0.511 e. The summed E-state index contributed by atoms with van der Waals surface area (Å²) < 4.78 is 62.8. The summed E-state index contributed by atoms with van der Waals surface area (Å²) in [6.45, 7) is 0.610. The molecule has 2 unspecified atom stereocenters. The lowest BCUT2D eigenvalue weighted by Gasteiger charge is -2.59. The highest BCUT2D eigenvalue weighted by atomic mass is 32.2. The molecule has 1 saturated heterocycles. The molecule has 2 aromatic rings. The molecule has 6 aliphatic rings. The van der Waals surface area contributed by atoms with Crippen LogP contribution in [0.25, 0.3) is 0 Å². The zero-order chi connectivity index (χ0) is 31.7. The average Bonchev–Trinajstić information content (AvgIpc) is 3.01. The Kier molecular flexibility index (Phi) is 7.19. The number of hydrogen-bond acceptors (Lipinski definition) is 7. The number of nitrogens with one attached hydrogen (secondary N) is 1. The number of piperazine rings is 1. The number of alkyl halides is 3. The number of aromatic nitrogens is 1. The zero-order valence-corrected chi connectivity index (χ0v) is 25.4. The van der Waals surface area contributed by atoms with Crippen LogP contribution in [0.3, 0.4) is 0 Å². The predicted molar refractivity (Wildman–Crippen MR) is 161 cm³/mol. The normalized spacial score (nSPS) is 29.9. The van der Waals surface area contributed by atoms with Gasteiger partial charge in [-0.1, -0.05) is 12.1 Å². The van der Waals surface area contributed by atoms with Crippen LogP contribution in [0.2, 0.25) is 0 Å². The monoisotopic (exact) mass is 647 g/mol. The summed E-state index contributed by atoms with van der Waals surface area (Å²) >= 11 is 0. The molecular weight excluding hydrogens is 611 g/mol. The van der Waals surface area contributed by atoms with Crippen LogP contribution in [0.4, 0.5) is 40.8 Å². The van der Waals surface area contributed by atoms with Crippen molar-refractivity contribution in [3.05, 3.63) is 42.6 Å². The third-order valence-corrected chi connectivity index (χ3v) is 12.2. The maximum absolute atomic E-state index is 13.7. The molecule has 1 aromatic heterocycles. The fourth-order valence-corrected chi connectivity index (χ4v) is 9.59. The lowest BCUT2D eigenvalue weighted by Crippen LogP contribution is -2.63. The SMILES string of the molecule is NC(=O)C12CC3CC(C1)C(NC(=O)N1CCN(c4ccc(N5CCN(S(=O)(=O)C(F)(F)F)CC5)cn4)c4ccccc41)C(C3)C2. The number of nitrogens with two attached hydrogens (primary N) is 1. The van der Waals surface area contributed by atoms with Crippen molar-refractivity contribution in [1.29, 1.82) is 0 Å². The molecule has 3 heterocycles. The number of carbonyl (C=O) groups excluding carboxylic acids is 2. The Morgan fingerprint density at radius 2 is 1.58 bits per heavy atom. The van der Waals surface area contributed by atoms with Gasteiger partial charge in [0, 0.05) is 50.7 Å². The van der Waals surface area contributed by atoms with Gasteiger partial charge < -0.3 is 20.9 Å². The van der Waals surface area contributed by atoms with Crippen molar-refractivity contribution in [3.8, 4) is 0 Å². The Balaban J connectivity index is 1.03. The van der Waals surface area contributed by atoms with Crippen molar-refractivity contribution < 1.29 is 31.2 Å². The molecule has 8 rings (SSSR count). The molecule has 242 valence electrons. The van der Waals surface area contributed by atoms with Crippen LogP contribution in [-0.2, 0) is 14.8 Å². The maximum Gasteiger partial charge on any atom is 0.511 e. The fourth-order valence-electron chi connectivity index (χ4n) is 8.65. The van der Waals surface area contributed by atoms with Gasteiger partial charge in [-0.25, -0.2) is 18.2 Å². The number of sulfonamides is 1. The summed E-state index contributed by atoms with van der Waals surface area (Å²) in [7, 11) is -5.35. The first-order chi connectivity index (χ1) is 21.4. The van der Waals surface area contributed by atoms with Gasteiger partial charge in [-0.2, -0.15) is 17.5 Å². The number of fused-ring (bicyclic) bond motifs is 1. The Bertz CT molecular complexity index is 1580. The summed E-state index contributed by atoms with van der Waals surface area (Å²) in [5.74, 6) is 1.47. The summed E-state index contributed by atoms with van der Waals surface area (Å²) in [6.07, 6.45) is 6.04. The number of amides is 3. The van der Waals surface area contributed by atoms with Gasteiger partial charge in [-0.15, -0.1) is 0 Å². The van der Waals surface area contributed by atoms with E-state index in [0.717, 1.165) is 43.5 Å². The Labute approximate surface area is 259 Å². The summed E-state index contributed by atoms with van der Waals surface area (Å²) in [5.41, 5.74) is 2.38. The predicted octanol–water partition coefficient (Wildman–Crippen LogP) is 3.40. The number of urea groups is 1. The van der Waals surface area contributed by atoms with Gasteiger partial charge in [0.05, 0.1) is 23.3 Å². The van der Waals surface area contributed by atoms with Crippen LogP contribution in [0.15, 0.2) is 42.6 Å². The van der Waals surface area contributed by atoms with Crippen molar-refractivity contribution in [2.75, 3.05) is 54.0 Å². The molecule has 2 atom stereocenters. The van der Waals surface area contributed by atoms with E-state index in [2.05, 4.69) is 10.3 Å². The highest BCUT2D eigenvalue weighted by molar-refractivity contribution is 7.90. The molecule has 0 radical (unpaired) electrons. The zero-order valence-electron chi connectivity index (χ0n) is 24.6. The van der Waals surface area contributed by atoms with Crippen LogP contribution < -0.4 is 25.8 Å². The van der Waals surface area contributed by atoms with Crippen molar-refractivity contribution in [1.82, 2.24) is 14.6 Å². The third kappa shape index (κ3) is 5.07. The molecule has 45 heavy (non-hydrogen) atoms. The van der Waals surface area contributed by atoms with E-state index < -0.39 is 20.9 Å². The first-order valence-electron chi connectivity index (χ1n) is 15.4. The number of primary amides is 1. The molecule has 3 N–H and O–H groups in total. The Morgan fingerprint density at radius 3 is 2.18 bits per heavy atom. The summed E-state index contributed by atoms with van der Waals surface area (Å²) in [6, 6.07) is 11.1. The highest BCUT2D eigenvalue weighted by Gasteiger charge is 2.58. The molecule has 0 spiro atoms. The molecule has 2 aliphatic heterocycles. The van der Waals surface area contributed by atoms with Gasteiger partial charge in [0.25, 0.3) is 0 Å². The van der Waals surface area contributed by atoms with E-state index >= 15 is 0 Å². The van der Waals surface area contributed by atoms with Crippen molar-refractivity contribution >= 4 is 44.8 Å². The summed E-state index contributed by atoms with van der Waals surface area (Å²) in [5, 5.41) is 3.34. The van der Waals surface area contributed by atoms with E-state index in [1.54, 1.807) is 11.1 Å². The van der Waals surface area contributed by atoms with Gasteiger partial charge >= 0.3 is 21.6 Å². The van der Waals surface area contributed by atoms with Gasteiger partial charge in [0.15, 0.2) is 0 Å². The number of anilines is 4. The van der Waals surface area contributed by atoms with Crippen LogP contribution in [-0.4, -0.2) is 80.5 Å². The minimum absolute atomic E-state index is 0.0244. The summed E-state index contributed by atoms with van der Waals surface area (Å²) in [4.78, 5) is 36.3. The van der Waals surface area contributed by atoms with Crippen LogP contribution in [0.1, 0.15) is 32.1 Å². The van der Waals surface area contributed by atoms with Crippen LogP contribution >= 0.6 is 0 Å². The Morgan fingerprint density at radius 1 is 0.911 bits per heavy atom. The van der Waals surface area contributed by atoms with Gasteiger partial charge in [-0.3, -0.25) is 9.69 Å². The second-order valence-electron chi connectivity index (χ2n) is 13.1. The minimum atomic E-state index is -5.35. The van der Waals surface area contributed by atoms with Crippen molar-refractivity contribution in [2.24, 2.45) is 28.9 Å². The van der Waals surface area contributed by atoms with E-state index in [1.165, 1.54) is 0 Å². The lowest BCUT2D eigenvalue weighted by molar-refractivity contribution is -0.145. The standard InChI is InChI=1S/C30H36F3N7O4S/c31-30(32,33)45(43,44)38-9-7-37(8-10-38)22-5-6-25(35-18-22)39-11-12-40(24-4-2-1-3-23(24)39)28(42)36-26-20-13-19-14-21(26)17-29(15-19,16-20)27(34)41/h1-6,18-21,26H,7-17H2,(H2,34,41)(H,36,42). The molecule has 4 aliphatic carbocycles. The molecule has 5 fully saturated rings. The van der Waals surface area contributed by atoms with Crippen molar-refractivity contribution in [3.63, 3.8) is 0 Å². The van der Waals surface area contributed by atoms with Gasteiger partial charge in [-0.05, 0) is 74.1 Å².